The standard InChI is InChI=1S/C13H20N2O2/c1-3-12(4-2)14-13(16)15-17-10-11-8-6-5-7-9-11/h5-9,12H,3-4,10H2,1-2H3,(H2,14,15,16). The van der Waals surface area contributed by atoms with Gasteiger partial charge in [0.1, 0.15) is 0 Å². The van der Waals surface area contributed by atoms with Crippen molar-refractivity contribution in [2.45, 2.75) is 39.3 Å². The number of nitrogens with one attached hydrogen (secondary N) is 2. The summed E-state index contributed by atoms with van der Waals surface area (Å²) < 4.78 is 0. The van der Waals surface area contributed by atoms with E-state index in [4.69, 9.17) is 4.84 Å². The molecule has 0 bridgehead atoms. The second-order valence-electron chi connectivity index (χ2n) is 3.86. The molecule has 0 unspecified atom stereocenters. The number of hydrogen-bond donors (Lipinski definition) is 2. The van der Waals surface area contributed by atoms with E-state index in [1.165, 1.54) is 0 Å². The van der Waals surface area contributed by atoms with Gasteiger partial charge in [-0.3, -0.25) is 4.84 Å². The van der Waals surface area contributed by atoms with Crippen molar-refractivity contribution in [3.63, 3.8) is 0 Å². The van der Waals surface area contributed by atoms with E-state index in [0.29, 0.717) is 6.61 Å². The summed E-state index contributed by atoms with van der Waals surface area (Å²) in [6.07, 6.45) is 1.84. The van der Waals surface area contributed by atoms with Gasteiger partial charge in [-0.15, -0.1) is 0 Å². The second-order valence-corrected chi connectivity index (χ2v) is 3.86. The zero-order valence-corrected chi connectivity index (χ0v) is 10.4. The van der Waals surface area contributed by atoms with Crippen molar-refractivity contribution in [3.8, 4) is 0 Å². The van der Waals surface area contributed by atoms with Gasteiger partial charge in [0.05, 0.1) is 6.61 Å². The zero-order valence-electron chi connectivity index (χ0n) is 10.4. The Morgan fingerprint density at radius 1 is 1.24 bits per heavy atom. The van der Waals surface area contributed by atoms with Gasteiger partial charge in [0, 0.05) is 6.04 Å². The van der Waals surface area contributed by atoms with E-state index >= 15 is 0 Å². The van der Waals surface area contributed by atoms with Crippen LogP contribution >= 0.6 is 0 Å². The highest BCUT2D eigenvalue weighted by Gasteiger charge is 2.07. The minimum absolute atomic E-state index is 0.204. The molecule has 4 heteroatoms. The van der Waals surface area contributed by atoms with Crippen molar-refractivity contribution in [2.75, 3.05) is 0 Å². The zero-order chi connectivity index (χ0) is 12.5. The number of hydroxylamine groups is 1. The molecule has 4 nitrogen and oxygen atoms in total. The van der Waals surface area contributed by atoms with Gasteiger partial charge in [-0.2, -0.15) is 0 Å². The maximum atomic E-state index is 11.4. The number of rotatable bonds is 6. The number of carbonyl (C=O) groups is 1. The van der Waals surface area contributed by atoms with Gasteiger partial charge < -0.3 is 5.32 Å². The predicted molar refractivity (Wildman–Crippen MR) is 67.3 cm³/mol. The van der Waals surface area contributed by atoms with Crippen LogP contribution in [-0.2, 0) is 11.4 Å². The Bertz CT molecular complexity index is 323. The maximum Gasteiger partial charge on any atom is 0.338 e. The monoisotopic (exact) mass is 236 g/mol. The molecule has 0 aliphatic rings. The molecule has 94 valence electrons. The summed E-state index contributed by atoms with van der Waals surface area (Å²) in [5.41, 5.74) is 3.40. The van der Waals surface area contributed by atoms with E-state index in [0.717, 1.165) is 18.4 Å². The normalized spacial score (nSPS) is 10.3. The third-order valence-electron chi connectivity index (χ3n) is 2.57. The molecule has 1 aromatic carbocycles. The molecule has 0 saturated heterocycles. The lowest BCUT2D eigenvalue weighted by atomic mass is 10.2. The Hall–Kier alpha value is -1.55. The van der Waals surface area contributed by atoms with Crippen molar-refractivity contribution in [3.05, 3.63) is 35.9 Å². The maximum absolute atomic E-state index is 11.4. The molecular formula is C13H20N2O2. The van der Waals surface area contributed by atoms with Crippen molar-refractivity contribution in [1.82, 2.24) is 10.8 Å². The average Bonchev–Trinajstić information content (AvgIpc) is 2.37. The molecule has 0 aliphatic heterocycles. The highest BCUT2D eigenvalue weighted by atomic mass is 16.7. The Labute approximate surface area is 102 Å². The van der Waals surface area contributed by atoms with E-state index in [9.17, 15) is 4.79 Å². The molecule has 0 spiro atoms. The summed E-state index contributed by atoms with van der Waals surface area (Å²) in [6, 6.07) is 9.62. The molecule has 1 rings (SSSR count). The van der Waals surface area contributed by atoms with E-state index < -0.39 is 0 Å². The van der Waals surface area contributed by atoms with Gasteiger partial charge >= 0.3 is 6.03 Å². The lowest BCUT2D eigenvalue weighted by molar-refractivity contribution is 0.0480. The highest BCUT2D eigenvalue weighted by molar-refractivity contribution is 5.72. The topological polar surface area (TPSA) is 50.4 Å². The molecule has 0 aliphatic carbocycles. The Morgan fingerprint density at radius 2 is 1.88 bits per heavy atom. The minimum atomic E-state index is -0.283. The molecule has 0 heterocycles. The lowest BCUT2D eigenvalue weighted by Gasteiger charge is -2.15. The number of hydrogen-bond acceptors (Lipinski definition) is 2. The molecule has 0 radical (unpaired) electrons. The van der Waals surface area contributed by atoms with Gasteiger partial charge in [-0.1, -0.05) is 44.2 Å². The number of urea groups is 1. The van der Waals surface area contributed by atoms with E-state index in [-0.39, 0.29) is 12.1 Å². The van der Waals surface area contributed by atoms with Crippen molar-refractivity contribution in [2.24, 2.45) is 0 Å². The van der Waals surface area contributed by atoms with Crippen molar-refractivity contribution in [1.29, 1.82) is 0 Å². The van der Waals surface area contributed by atoms with Crippen molar-refractivity contribution < 1.29 is 9.63 Å². The molecule has 0 saturated carbocycles. The largest absolute Gasteiger partial charge is 0.338 e. The number of carbonyl (C=O) groups excluding carboxylic acids is 1. The quantitative estimate of drug-likeness (QED) is 0.746. The highest BCUT2D eigenvalue weighted by Crippen LogP contribution is 1.99. The number of amides is 2. The molecule has 2 N–H and O–H groups in total. The molecule has 0 atom stereocenters. The van der Waals surface area contributed by atoms with Gasteiger partial charge in [0.2, 0.25) is 0 Å². The fourth-order valence-electron chi connectivity index (χ4n) is 1.47. The van der Waals surface area contributed by atoms with Crippen LogP contribution in [-0.4, -0.2) is 12.1 Å². The van der Waals surface area contributed by atoms with E-state index in [1.54, 1.807) is 0 Å². The smallest absolute Gasteiger partial charge is 0.334 e. The van der Waals surface area contributed by atoms with Gasteiger partial charge in [-0.05, 0) is 18.4 Å². The predicted octanol–water partition coefficient (Wildman–Crippen LogP) is 2.61. The third kappa shape index (κ3) is 5.36. The molecular weight excluding hydrogens is 216 g/mol. The van der Waals surface area contributed by atoms with E-state index in [1.807, 2.05) is 44.2 Å². The summed E-state index contributed by atoms with van der Waals surface area (Å²) in [5, 5.41) is 2.83. The van der Waals surface area contributed by atoms with Crippen LogP contribution in [0.25, 0.3) is 0 Å². The molecule has 17 heavy (non-hydrogen) atoms. The van der Waals surface area contributed by atoms with Crippen LogP contribution in [0.2, 0.25) is 0 Å². The molecule has 0 fully saturated rings. The Morgan fingerprint density at radius 3 is 2.47 bits per heavy atom. The second kappa shape index (κ2) is 7.68. The van der Waals surface area contributed by atoms with E-state index in [2.05, 4.69) is 10.8 Å². The first kappa shape index (κ1) is 13.5. The molecule has 0 aromatic heterocycles. The van der Waals surface area contributed by atoms with Crippen LogP contribution in [0.5, 0.6) is 0 Å². The first-order valence-electron chi connectivity index (χ1n) is 5.98. The molecule has 1 aromatic rings. The first-order valence-corrected chi connectivity index (χ1v) is 5.98. The van der Waals surface area contributed by atoms with Crippen LogP contribution in [0, 0.1) is 0 Å². The number of benzene rings is 1. The average molecular weight is 236 g/mol. The first-order chi connectivity index (χ1) is 8.26. The van der Waals surface area contributed by atoms with Gasteiger partial charge in [-0.25, -0.2) is 10.3 Å². The van der Waals surface area contributed by atoms with Crippen LogP contribution < -0.4 is 10.8 Å². The van der Waals surface area contributed by atoms with Gasteiger partial charge in [0.25, 0.3) is 0 Å². The Kier molecular flexibility index (Phi) is 6.10. The minimum Gasteiger partial charge on any atom is -0.334 e. The van der Waals surface area contributed by atoms with Crippen molar-refractivity contribution >= 4 is 6.03 Å². The van der Waals surface area contributed by atoms with Crippen LogP contribution in [0.3, 0.4) is 0 Å². The lowest BCUT2D eigenvalue weighted by Crippen LogP contribution is -2.41. The molecule has 2 amide bonds. The summed E-state index contributed by atoms with van der Waals surface area (Å²) in [6.45, 7) is 4.45. The summed E-state index contributed by atoms with van der Waals surface area (Å²) in [5.74, 6) is 0. The summed E-state index contributed by atoms with van der Waals surface area (Å²) >= 11 is 0. The Balaban J connectivity index is 2.20. The fourth-order valence-corrected chi connectivity index (χ4v) is 1.47. The SMILES string of the molecule is CCC(CC)NC(=O)NOCc1ccccc1. The fraction of sp³-hybridized carbons (Fsp3) is 0.462. The van der Waals surface area contributed by atoms with Crippen LogP contribution in [0.1, 0.15) is 32.3 Å². The van der Waals surface area contributed by atoms with Crippen LogP contribution in [0.15, 0.2) is 30.3 Å². The summed E-state index contributed by atoms with van der Waals surface area (Å²) in [7, 11) is 0. The summed E-state index contributed by atoms with van der Waals surface area (Å²) in [4.78, 5) is 16.5. The van der Waals surface area contributed by atoms with Crippen LogP contribution in [0.4, 0.5) is 4.79 Å². The van der Waals surface area contributed by atoms with Gasteiger partial charge in [0.15, 0.2) is 0 Å². The third-order valence-corrected chi connectivity index (χ3v) is 2.57.